The van der Waals surface area contributed by atoms with Crippen molar-refractivity contribution in [2.24, 2.45) is 0 Å². The van der Waals surface area contributed by atoms with Gasteiger partial charge in [-0.1, -0.05) is 6.07 Å². The van der Waals surface area contributed by atoms with Gasteiger partial charge in [-0.05, 0) is 18.6 Å². The first-order valence-electron chi connectivity index (χ1n) is 7.64. The van der Waals surface area contributed by atoms with Crippen LogP contribution in [0.4, 0.5) is 0 Å². The van der Waals surface area contributed by atoms with Gasteiger partial charge in [0.05, 0.1) is 17.9 Å². The van der Waals surface area contributed by atoms with Gasteiger partial charge in [0.1, 0.15) is 0 Å². The van der Waals surface area contributed by atoms with E-state index in [0.29, 0.717) is 39.0 Å². The van der Waals surface area contributed by atoms with Gasteiger partial charge in [0.2, 0.25) is 5.91 Å². The maximum absolute atomic E-state index is 11.6. The highest BCUT2D eigenvalue weighted by Crippen LogP contribution is 2.11. The summed E-state index contributed by atoms with van der Waals surface area (Å²) in [6.07, 6.45) is 2.99. The summed E-state index contributed by atoms with van der Waals surface area (Å²) < 4.78 is 0. The van der Waals surface area contributed by atoms with Gasteiger partial charge < -0.3 is 10.0 Å². The summed E-state index contributed by atoms with van der Waals surface area (Å²) >= 11 is 0. The number of carbonyl (C=O) groups is 1. The van der Waals surface area contributed by atoms with E-state index in [1.807, 2.05) is 23.1 Å². The molecule has 0 aromatic carbocycles. The Hall–Kier alpha value is -1.97. The second-order valence-electron chi connectivity index (χ2n) is 5.56. The van der Waals surface area contributed by atoms with Crippen LogP contribution >= 0.6 is 0 Å². The van der Waals surface area contributed by atoms with Gasteiger partial charge in [-0.2, -0.15) is 5.26 Å². The lowest BCUT2D eigenvalue weighted by molar-refractivity contribution is -0.129. The van der Waals surface area contributed by atoms with Crippen molar-refractivity contribution in [2.45, 2.75) is 31.9 Å². The minimum Gasteiger partial charge on any atom is -0.390 e. The number of β-amino-alcohol motifs (C(OH)–C–C–N with tert-alkyl or cyclic N) is 1. The van der Waals surface area contributed by atoms with Crippen molar-refractivity contribution in [2.75, 3.05) is 26.2 Å². The minimum atomic E-state index is -0.607. The van der Waals surface area contributed by atoms with E-state index in [1.54, 1.807) is 11.1 Å². The quantitative estimate of drug-likeness (QED) is 0.767. The number of aliphatic hydroxyl groups is 1. The van der Waals surface area contributed by atoms with Crippen LogP contribution in [-0.4, -0.2) is 58.1 Å². The maximum Gasteiger partial charge on any atom is 0.222 e. The SMILES string of the molecule is N#CCCN(Cc1ccccn1)CC(O)CN1CCCC1=O. The van der Waals surface area contributed by atoms with Gasteiger partial charge in [-0.15, -0.1) is 0 Å². The van der Waals surface area contributed by atoms with Crippen LogP contribution in [0.2, 0.25) is 0 Å². The average Bonchev–Trinajstić information content (AvgIpc) is 2.91. The van der Waals surface area contributed by atoms with E-state index in [0.717, 1.165) is 18.7 Å². The molecule has 22 heavy (non-hydrogen) atoms. The van der Waals surface area contributed by atoms with Crippen LogP contribution in [0, 0.1) is 11.3 Å². The third-order valence-corrected chi connectivity index (χ3v) is 3.72. The molecule has 2 heterocycles. The first kappa shape index (κ1) is 16.4. The van der Waals surface area contributed by atoms with Gasteiger partial charge in [0, 0.05) is 51.8 Å². The minimum absolute atomic E-state index is 0.118. The molecule has 0 bridgehead atoms. The van der Waals surface area contributed by atoms with Crippen LogP contribution in [0.25, 0.3) is 0 Å². The molecule has 0 saturated carbocycles. The molecular formula is C16H22N4O2. The predicted molar refractivity (Wildman–Crippen MR) is 81.6 cm³/mol. The fraction of sp³-hybridized carbons (Fsp3) is 0.562. The Bertz CT molecular complexity index is 515. The number of aliphatic hydroxyl groups excluding tert-OH is 1. The van der Waals surface area contributed by atoms with Gasteiger partial charge in [-0.25, -0.2) is 0 Å². The summed E-state index contributed by atoms with van der Waals surface area (Å²) in [6, 6.07) is 7.83. The van der Waals surface area contributed by atoms with E-state index in [2.05, 4.69) is 11.1 Å². The lowest BCUT2D eigenvalue weighted by Gasteiger charge is -2.26. The molecule has 0 aliphatic carbocycles. The van der Waals surface area contributed by atoms with Crippen LogP contribution in [0.3, 0.4) is 0 Å². The first-order valence-corrected chi connectivity index (χ1v) is 7.64. The molecular weight excluding hydrogens is 280 g/mol. The molecule has 1 aliphatic rings. The van der Waals surface area contributed by atoms with E-state index in [-0.39, 0.29) is 5.91 Å². The average molecular weight is 302 g/mol. The highest BCUT2D eigenvalue weighted by atomic mass is 16.3. The zero-order valence-electron chi connectivity index (χ0n) is 12.7. The summed E-state index contributed by atoms with van der Waals surface area (Å²) in [5.74, 6) is 0.118. The number of nitriles is 1. The third-order valence-electron chi connectivity index (χ3n) is 3.72. The standard InChI is InChI=1S/C16H22N4O2/c17-7-4-9-19(11-14-5-1-2-8-18-14)12-15(21)13-20-10-3-6-16(20)22/h1-2,5,8,15,21H,3-4,6,9-13H2. The van der Waals surface area contributed by atoms with Crippen LogP contribution in [0.5, 0.6) is 0 Å². The van der Waals surface area contributed by atoms with Crippen molar-refractivity contribution in [1.82, 2.24) is 14.8 Å². The number of aromatic nitrogens is 1. The topological polar surface area (TPSA) is 80.5 Å². The van der Waals surface area contributed by atoms with Crippen molar-refractivity contribution in [3.63, 3.8) is 0 Å². The molecule has 1 atom stereocenters. The first-order chi connectivity index (χ1) is 10.7. The van der Waals surface area contributed by atoms with Crippen molar-refractivity contribution in [1.29, 1.82) is 5.26 Å². The third kappa shape index (κ3) is 5.10. The molecule has 1 amide bonds. The van der Waals surface area contributed by atoms with E-state index in [9.17, 15) is 9.90 Å². The van der Waals surface area contributed by atoms with Gasteiger partial charge in [-0.3, -0.25) is 14.7 Å². The van der Waals surface area contributed by atoms with Crippen molar-refractivity contribution < 1.29 is 9.90 Å². The van der Waals surface area contributed by atoms with E-state index in [4.69, 9.17) is 5.26 Å². The van der Waals surface area contributed by atoms with Gasteiger partial charge in [0.15, 0.2) is 0 Å². The Labute approximate surface area is 131 Å². The summed E-state index contributed by atoms with van der Waals surface area (Å²) in [5, 5.41) is 19.0. The van der Waals surface area contributed by atoms with Gasteiger partial charge >= 0.3 is 0 Å². The van der Waals surface area contributed by atoms with E-state index >= 15 is 0 Å². The van der Waals surface area contributed by atoms with E-state index < -0.39 is 6.10 Å². The molecule has 1 aromatic rings. The summed E-state index contributed by atoms with van der Waals surface area (Å²) in [5.41, 5.74) is 0.907. The predicted octanol–water partition coefficient (Wildman–Crippen LogP) is 0.781. The van der Waals surface area contributed by atoms with Crippen molar-refractivity contribution in [3.05, 3.63) is 30.1 Å². The number of amides is 1. The number of hydrogen-bond acceptors (Lipinski definition) is 5. The zero-order chi connectivity index (χ0) is 15.8. The molecule has 0 spiro atoms. The largest absolute Gasteiger partial charge is 0.390 e. The molecule has 1 aliphatic heterocycles. The molecule has 1 fully saturated rings. The number of pyridine rings is 1. The second-order valence-corrected chi connectivity index (χ2v) is 5.56. The summed E-state index contributed by atoms with van der Waals surface area (Å²) in [6.45, 7) is 2.70. The number of carbonyl (C=O) groups excluding carboxylic acids is 1. The Kier molecular flexibility index (Phi) is 6.31. The number of likely N-dealkylation sites (tertiary alicyclic amines) is 1. The van der Waals surface area contributed by atoms with Crippen molar-refractivity contribution >= 4 is 5.91 Å². The summed E-state index contributed by atoms with van der Waals surface area (Å²) in [4.78, 5) is 19.6. The number of hydrogen-bond donors (Lipinski definition) is 1. The molecule has 1 N–H and O–H groups in total. The highest BCUT2D eigenvalue weighted by Gasteiger charge is 2.23. The highest BCUT2D eigenvalue weighted by molar-refractivity contribution is 5.78. The molecule has 1 aromatic heterocycles. The Morgan fingerprint density at radius 1 is 1.50 bits per heavy atom. The van der Waals surface area contributed by atoms with Crippen LogP contribution in [0.15, 0.2) is 24.4 Å². The van der Waals surface area contributed by atoms with Gasteiger partial charge in [0.25, 0.3) is 0 Å². The van der Waals surface area contributed by atoms with Crippen LogP contribution < -0.4 is 0 Å². The maximum atomic E-state index is 11.6. The molecule has 6 nitrogen and oxygen atoms in total. The van der Waals surface area contributed by atoms with E-state index in [1.165, 1.54) is 0 Å². The monoisotopic (exact) mass is 302 g/mol. The smallest absolute Gasteiger partial charge is 0.222 e. The van der Waals surface area contributed by atoms with Crippen molar-refractivity contribution in [3.8, 4) is 6.07 Å². The fourth-order valence-corrected chi connectivity index (χ4v) is 2.67. The molecule has 2 rings (SSSR count). The number of nitrogens with zero attached hydrogens (tertiary/aromatic N) is 4. The Balaban J connectivity index is 1.88. The normalized spacial score (nSPS) is 16.0. The molecule has 1 unspecified atom stereocenters. The lowest BCUT2D eigenvalue weighted by Crippen LogP contribution is -2.41. The van der Waals surface area contributed by atoms with Crippen LogP contribution in [-0.2, 0) is 11.3 Å². The molecule has 118 valence electrons. The zero-order valence-corrected chi connectivity index (χ0v) is 12.7. The Morgan fingerprint density at radius 2 is 2.36 bits per heavy atom. The Morgan fingerprint density at radius 3 is 3.00 bits per heavy atom. The number of rotatable bonds is 8. The summed E-state index contributed by atoms with van der Waals surface area (Å²) in [7, 11) is 0. The lowest BCUT2D eigenvalue weighted by atomic mass is 10.2. The molecule has 0 radical (unpaired) electrons. The fourth-order valence-electron chi connectivity index (χ4n) is 2.67. The molecule has 6 heteroatoms. The second kappa shape index (κ2) is 8.47. The van der Waals surface area contributed by atoms with Crippen LogP contribution in [0.1, 0.15) is 25.0 Å². The molecule has 1 saturated heterocycles.